The first-order chi connectivity index (χ1) is 16.1. The molecule has 0 spiro atoms. The Morgan fingerprint density at radius 1 is 0.657 bits per heavy atom. The summed E-state index contributed by atoms with van der Waals surface area (Å²) in [5, 5.41) is 42.5. The lowest BCUT2D eigenvalue weighted by Crippen LogP contribution is -2.44. The summed E-state index contributed by atoms with van der Waals surface area (Å²) in [7, 11) is 0. The molecule has 0 saturated heterocycles. The molecule has 3 rings (SSSR count). The van der Waals surface area contributed by atoms with Gasteiger partial charge in [-0.05, 0) is 39.8 Å². The summed E-state index contributed by atoms with van der Waals surface area (Å²) >= 11 is 0. The fourth-order valence-electron chi connectivity index (χ4n) is 4.02. The number of alkyl halides is 3. The highest BCUT2D eigenvalue weighted by atomic mass is 19.4. The molecule has 0 heterocycles. The van der Waals surface area contributed by atoms with Gasteiger partial charge in [0.05, 0.1) is 9.85 Å². The van der Waals surface area contributed by atoms with E-state index in [0.717, 1.165) is 24.3 Å². The van der Waals surface area contributed by atoms with Crippen molar-refractivity contribution < 1.29 is 33.2 Å². The largest absolute Gasteiger partial charge is 0.502 e. The molecule has 0 radical (unpaired) electrons. The van der Waals surface area contributed by atoms with Gasteiger partial charge in [-0.1, -0.05) is 57.2 Å². The molecule has 0 saturated carbocycles. The number of benzene rings is 3. The Morgan fingerprint density at radius 2 is 1.00 bits per heavy atom. The van der Waals surface area contributed by atoms with Crippen LogP contribution in [0.5, 0.6) is 11.5 Å². The Labute approximate surface area is 197 Å². The standard InChI is InChI=1S/C24H21F3N2O6/c1-22(2,3)14-4-6-15(7-5-14)23(24(25,26)27,16-8-10-20(30)18(12-16)28(32)33)17-9-11-21(31)19(13-17)29(34)35/h4-13,30-31H,1-3H3. The van der Waals surface area contributed by atoms with Gasteiger partial charge >= 0.3 is 17.6 Å². The molecule has 0 atom stereocenters. The van der Waals surface area contributed by atoms with Gasteiger partial charge in [0, 0.05) is 12.1 Å². The minimum absolute atomic E-state index is 0.363. The molecule has 3 aromatic rings. The number of aromatic hydroxyl groups is 2. The molecule has 0 bridgehead atoms. The van der Waals surface area contributed by atoms with Crippen LogP contribution in [0.15, 0.2) is 60.7 Å². The summed E-state index contributed by atoms with van der Waals surface area (Å²) in [6.45, 7) is 5.60. The molecule has 2 N–H and O–H groups in total. The molecule has 184 valence electrons. The van der Waals surface area contributed by atoms with Crippen LogP contribution >= 0.6 is 0 Å². The van der Waals surface area contributed by atoms with Crippen molar-refractivity contribution in [2.24, 2.45) is 0 Å². The number of rotatable bonds is 5. The van der Waals surface area contributed by atoms with Crippen LogP contribution in [0.1, 0.15) is 43.0 Å². The summed E-state index contributed by atoms with van der Waals surface area (Å²) in [4.78, 5) is 20.8. The van der Waals surface area contributed by atoms with Crippen LogP contribution in [0.4, 0.5) is 24.5 Å². The topological polar surface area (TPSA) is 127 Å². The summed E-state index contributed by atoms with van der Waals surface area (Å²) < 4.78 is 45.5. The van der Waals surface area contributed by atoms with E-state index < -0.39 is 60.9 Å². The molecule has 0 unspecified atom stereocenters. The summed E-state index contributed by atoms with van der Waals surface area (Å²) in [5.41, 5.74) is -6.36. The second-order valence-electron chi connectivity index (χ2n) is 9.00. The van der Waals surface area contributed by atoms with Crippen molar-refractivity contribution in [2.75, 3.05) is 0 Å². The molecule has 0 aliphatic rings. The number of hydrogen-bond acceptors (Lipinski definition) is 6. The maximum Gasteiger partial charge on any atom is 0.406 e. The van der Waals surface area contributed by atoms with Gasteiger partial charge in [-0.25, -0.2) is 0 Å². The Morgan fingerprint density at radius 3 is 1.31 bits per heavy atom. The Bertz CT molecular complexity index is 1230. The first kappa shape index (κ1) is 25.5. The first-order valence-corrected chi connectivity index (χ1v) is 10.2. The van der Waals surface area contributed by atoms with E-state index in [1.807, 2.05) is 20.8 Å². The van der Waals surface area contributed by atoms with Gasteiger partial charge < -0.3 is 10.2 Å². The molecule has 3 aromatic carbocycles. The van der Waals surface area contributed by atoms with Gasteiger partial charge in [-0.3, -0.25) is 20.2 Å². The maximum atomic E-state index is 15.2. The lowest BCUT2D eigenvalue weighted by atomic mass is 9.68. The van der Waals surface area contributed by atoms with Crippen molar-refractivity contribution in [1.82, 2.24) is 0 Å². The van der Waals surface area contributed by atoms with Crippen molar-refractivity contribution in [3.63, 3.8) is 0 Å². The number of nitro groups is 2. The number of hydrogen-bond donors (Lipinski definition) is 2. The fourth-order valence-corrected chi connectivity index (χ4v) is 4.02. The van der Waals surface area contributed by atoms with E-state index >= 15 is 13.2 Å². The van der Waals surface area contributed by atoms with Gasteiger partial charge in [-0.2, -0.15) is 13.2 Å². The van der Waals surface area contributed by atoms with Gasteiger partial charge in [0.15, 0.2) is 11.5 Å². The van der Waals surface area contributed by atoms with E-state index in [0.29, 0.717) is 17.7 Å². The van der Waals surface area contributed by atoms with E-state index in [2.05, 4.69) is 0 Å². The Balaban J connectivity index is 2.50. The maximum absolute atomic E-state index is 15.2. The van der Waals surface area contributed by atoms with E-state index in [-0.39, 0.29) is 5.56 Å². The number of halogens is 3. The monoisotopic (exact) mass is 490 g/mol. The molecule has 8 nitrogen and oxygen atoms in total. The predicted octanol–water partition coefficient (Wildman–Crippen LogP) is 6.11. The predicted molar refractivity (Wildman–Crippen MR) is 121 cm³/mol. The number of phenols is 2. The highest BCUT2D eigenvalue weighted by molar-refractivity contribution is 5.61. The number of nitrogens with zero attached hydrogens (tertiary/aromatic N) is 2. The van der Waals surface area contributed by atoms with Crippen molar-refractivity contribution in [2.45, 2.75) is 37.8 Å². The zero-order valence-electron chi connectivity index (χ0n) is 18.8. The fraction of sp³-hybridized carbons (Fsp3) is 0.250. The van der Waals surface area contributed by atoms with Crippen LogP contribution in [0.25, 0.3) is 0 Å². The third-order valence-electron chi connectivity index (χ3n) is 5.82. The van der Waals surface area contributed by atoms with Crippen LogP contribution in [-0.2, 0) is 10.8 Å². The quantitative estimate of drug-likeness (QED) is 0.252. The van der Waals surface area contributed by atoms with Crippen LogP contribution in [0.2, 0.25) is 0 Å². The van der Waals surface area contributed by atoms with Crippen LogP contribution in [-0.4, -0.2) is 26.2 Å². The van der Waals surface area contributed by atoms with E-state index in [1.54, 1.807) is 0 Å². The van der Waals surface area contributed by atoms with Crippen molar-refractivity contribution in [3.05, 3.63) is 103 Å². The van der Waals surface area contributed by atoms with Gasteiger partial charge in [0.2, 0.25) is 0 Å². The minimum Gasteiger partial charge on any atom is -0.502 e. The summed E-state index contributed by atoms with van der Waals surface area (Å²) in [6.07, 6.45) is -5.16. The van der Waals surface area contributed by atoms with E-state index in [9.17, 15) is 30.4 Å². The molecule has 11 heteroatoms. The Hall–Kier alpha value is -4.15. The first-order valence-electron chi connectivity index (χ1n) is 10.2. The van der Waals surface area contributed by atoms with Crippen molar-refractivity contribution >= 4 is 11.4 Å². The normalized spacial score (nSPS) is 12.4. The molecule has 0 fully saturated rings. The van der Waals surface area contributed by atoms with Crippen molar-refractivity contribution in [1.29, 1.82) is 0 Å². The smallest absolute Gasteiger partial charge is 0.406 e. The lowest BCUT2D eigenvalue weighted by molar-refractivity contribution is -0.386. The van der Waals surface area contributed by atoms with Crippen molar-refractivity contribution in [3.8, 4) is 11.5 Å². The third kappa shape index (κ3) is 4.36. The lowest BCUT2D eigenvalue weighted by Gasteiger charge is -2.37. The minimum atomic E-state index is -5.16. The molecule has 0 aliphatic heterocycles. The summed E-state index contributed by atoms with van der Waals surface area (Å²) in [5.74, 6) is -1.68. The zero-order valence-corrected chi connectivity index (χ0v) is 18.8. The van der Waals surface area contributed by atoms with Gasteiger partial charge in [0.25, 0.3) is 0 Å². The highest BCUT2D eigenvalue weighted by Crippen LogP contribution is 2.53. The zero-order chi connectivity index (χ0) is 26.3. The molecule has 0 aliphatic carbocycles. The molecule has 0 amide bonds. The highest BCUT2D eigenvalue weighted by Gasteiger charge is 2.59. The molecule has 0 aromatic heterocycles. The number of nitro benzene ring substituents is 2. The van der Waals surface area contributed by atoms with Gasteiger partial charge in [0.1, 0.15) is 5.41 Å². The van der Waals surface area contributed by atoms with Gasteiger partial charge in [-0.15, -0.1) is 0 Å². The van der Waals surface area contributed by atoms with E-state index in [1.165, 1.54) is 24.3 Å². The second-order valence-corrected chi connectivity index (χ2v) is 9.00. The van der Waals surface area contributed by atoms with E-state index in [4.69, 9.17) is 0 Å². The molecular weight excluding hydrogens is 469 g/mol. The van der Waals surface area contributed by atoms with Crippen LogP contribution in [0, 0.1) is 20.2 Å². The van der Waals surface area contributed by atoms with Crippen LogP contribution < -0.4 is 0 Å². The number of phenolic OH excluding ortho intramolecular Hbond substituents is 2. The average Bonchev–Trinajstić information content (AvgIpc) is 2.74. The molecule has 35 heavy (non-hydrogen) atoms. The third-order valence-corrected chi connectivity index (χ3v) is 5.82. The second kappa shape index (κ2) is 8.57. The Kier molecular flexibility index (Phi) is 6.24. The van der Waals surface area contributed by atoms with Crippen LogP contribution in [0.3, 0.4) is 0 Å². The molecular formula is C24H21F3N2O6. The SMILES string of the molecule is CC(C)(C)c1ccc(C(c2ccc(O)c([N+](=O)[O-])c2)(c2ccc(O)c([N+](=O)[O-])c2)C(F)(F)F)cc1. The average molecular weight is 490 g/mol. The summed E-state index contributed by atoms with van der Waals surface area (Å²) in [6, 6.07) is 9.89.